The van der Waals surface area contributed by atoms with Crippen LogP contribution in [-0.2, 0) is 17.7 Å². The van der Waals surface area contributed by atoms with Gasteiger partial charge in [0.05, 0.1) is 31.4 Å². The Balaban J connectivity index is 1.46. The highest BCUT2D eigenvalue weighted by Gasteiger charge is 2.28. The molecular formula is C21H26N2O3. The fourth-order valence-corrected chi connectivity index (χ4v) is 4.03. The van der Waals surface area contributed by atoms with Gasteiger partial charge in [0.1, 0.15) is 12.0 Å². The van der Waals surface area contributed by atoms with Crippen LogP contribution in [0, 0.1) is 0 Å². The van der Waals surface area contributed by atoms with Gasteiger partial charge in [-0.15, -0.1) is 0 Å². The van der Waals surface area contributed by atoms with E-state index in [2.05, 4.69) is 29.2 Å². The molecule has 2 aromatic rings. The fourth-order valence-electron chi connectivity index (χ4n) is 4.03. The van der Waals surface area contributed by atoms with Gasteiger partial charge in [-0.3, -0.25) is 9.69 Å². The van der Waals surface area contributed by atoms with E-state index in [1.165, 1.54) is 11.1 Å². The number of benzene rings is 1. The van der Waals surface area contributed by atoms with Crippen LogP contribution in [0.1, 0.15) is 46.1 Å². The van der Waals surface area contributed by atoms with Crippen LogP contribution in [-0.4, -0.2) is 49.1 Å². The molecule has 2 heterocycles. The number of carbonyl (C=O) groups is 1. The van der Waals surface area contributed by atoms with Crippen LogP contribution < -0.4 is 0 Å². The van der Waals surface area contributed by atoms with Gasteiger partial charge in [0.15, 0.2) is 0 Å². The van der Waals surface area contributed by atoms with E-state index in [0.717, 1.165) is 57.9 Å². The molecular weight excluding hydrogens is 328 g/mol. The van der Waals surface area contributed by atoms with Gasteiger partial charge in [-0.25, -0.2) is 0 Å². The van der Waals surface area contributed by atoms with Crippen LogP contribution in [0.2, 0.25) is 0 Å². The molecule has 1 aliphatic heterocycles. The zero-order chi connectivity index (χ0) is 17.9. The molecule has 1 aromatic carbocycles. The number of amides is 1. The first-order valence-corrected chi connectivity index (χ1v) is 9.45. The molecule has 0 N–H and O–H groups in total. The van der Waals surface area contributed by atoms with E-state index >= 15 is 0 Å². The SMILES string of the molecule is CN(C(=O)c1coc(CN2CCOCC2)c1)[C@@H]1CCCc2ccccc21. The Morgan fingerprint density at radius 3 is 2.92 bits per heavy atom. The predicted octanol–water partition coefficient (Wildman–Crippen LogP) is 3.26. The number of hydrogen-bond donors (Lipinski definition) is 0. The summed E-state index contributed by atoms with van der Waals surface area (Å²) in [6.45, 7) is 4.06. The van der Waals surface area contributed by atoms with Crippen molar-refractivity contribution in [1.82, 2.24) is 9.80 Å². The van der Waals surface area contributed by atoms with Gasteiger partial charge >= 0.3 is 0 Å². The minimum atomic E-state index is 0.0312. The molecule has 0 bridgehead atoms. The van der Waals surface area contributed by atoms with E-state index in [0.29, 0.717) is 5.56 Å². The second-order valence-corrected chi connectivity index (χ2v) is 7.21. The van der Waals surface area contributed by atoms with Crippen LogP contribution in [0.15, 0.2) is 41.0 Å². The monoisotopic (exact) mass is 354 g/mol. The zero-order valence-corrected chi connectivity index (χ0v) is 15.3. The van der Waals surface area contributed by atoms with E-state index in [-0.39, 0.29) is 11.9 Å². The molecule has 1 saturated heterocycles. The highest BCUT2D eigenvalue weighted by molar-refractivity contribution is 5.94. The lowest BCUT2D eigenvalue weighted by Gasteiger charge is -2.33. The lowest BCUT2D eigenvalue weighted by molar-refractivity contribution is 0.0313. The van der Waals surface area contributed by atoms with Crippen molar-refractivity contribution in [2.75, 3.05) is 33.4 Å². The summed E-state index contributed by atoms with van der Waals surface area (Å²) in [4.78, 5) is 17.2. The molecule has 26 heavy (non-hydrogen) atoms. The minimum Gasteiger partial charge on any atom is -0.467 e. The molecule has 4 rings (SSSR count). The smallest absolute Gasteiger partial charge is 0.257 e. The quantitative estimate of drug-likeness (QED) is 0.845. The van der Waals surface area contributed by atoms with Crippen LogP contribution in [0.25, 0.3) is 0 Å². The van der Waals surface area contributed by atoms with Crippen molar-refractivity contribution in [1.29, 1.82) is 0 Å². The van der Waals surface area contributed by atoms with Gasteiger partial charge in [-0.1, -0.05) is 24.3 Å². The third-order valence-electron chi connectivity index (χ3n) is 5.51. The number of nitrogens with zero attached hydrogens (tertiary/aromatic N) is 2. The van der Waals surface area contributed by atoms with E-state index in [4.69, 9.17) is 9.15 Å². The number of hydrogen-bond acceptors (Lipinski definition) is 4. The van der Waals surface area contributed by atoms with E-state index in [9.17, 15) is 4.79 Å². The predicted molar refractivity (Wildman–Crippen MR) is 99.0 cm³/mol. The first kappa shape index (κ1) is 17.3. The Kier molecular flexibility index (Phi) is 5.09. The molecule has 1 aromatic heterocycles. The molecule has 0 radical (unpaired) electrons. The second-order valence-electron chi connectivity index (χ2n) is 7.21. The number of aryl methyl sites for hydroxylation is 1. The summed E-state index contributed by atoms with van der Waals surface area (Å²) in [6.07, 6.45) is 4.83. The zero-order valence-electron chi connectivity index (χ0n) is 15.3. The van der Waals surface area contributed by atoms with Gasteiger partial charge in [0, 0.05) is 20.1 Å². The topological polar surface area (TPSA) is 45.9 Å². The molecule has 5 nitrogen and oxygen atoms in total. The summed E-state index contributed by atoms with van der Waals surface area (Å²) >= 11 is 0. The van der Waals surface area contributed by atoms with Crippen molar-refractivity contribution < 1.29 is 13.9 Å². The van der Waals surface area contributed by atoms with Crippen molar-refractivity contribution in [3.05, 3.63) is 59.0 Å². The maximum Gasteiger partial charge on any atom is 0.257 e. The molecule has 0 spiro atoms. The molecule has 1 amide bonds. The van der Waals surface area contributed by atoms with Crippen molar-refractivity contribution in [2.45, 2.75) is 31.8 Å². The number of fused-ring (bicyclic) bond motifs is 1. The van der Waals surface area contributed by atoms with Crippen molar-refractivity contribution in [2.24, 2.45) is 0 Å². The maximum atomic E-state index is 13.0. The Morgan fingerprint density at radius 1 is 1.27 bits per heavy atom. The van der Waals surface area contributed by atoms with Crippen molar-refractivity contribution >= 4 is 5.91 Å². The van der Waals surface area contributed by atoms with Crippen LogP contribution in [0.5, 0.6) is 0 Å². The lowest BCUT2D eigenvalue weighted by Crippen LogP contribution is -2.35. The van der Waals surface area contributed by atoms with Crippen LogP contribution >= 0.6 is 0 Å². The number of carbonyl (C=O) groups excluding carboxylic acids is 1. The average Bonchev–Trinajstić information content (AvgIpc) is 3.15. The minimum absolute atomic E-state index is 0.0312. The third-order valence-corrected chi connectivity index (χ3v) is 5.51. The van der Waals surface area contributed by atoms with Crippen molar-refractivity contribution in [3.8, 4) is 0 Å². The molecule has 5 heteroatoms. The number of furan rings is 1. The van der Waals surface area contributed by atoms with Gasteiger partial charge in [-0.05, 0) is 36.5 Å². The van der Waals surface area contributed by atoms with E-state index in [1.807, 2.05) is 18.0 Å². The maximum absolute atomic E-state index is 13.0. The van der Waals surface area contributed by atoms with E-state index in [1.54, 1.807) is 6.26 Å². The average molecular weight is 354 g/mol. The van der Waals surface area contributed by atoms with Gasteiger partial charge in [0.25, 0.3) is 5.91 Å². The number of ether oxygens (including phenoxy) is 1. The highest BCUT2D eigenvalue weighted by atomic mass is 16.5. The summed E-state index contributed by atoms with van der Waals surface area (Å²) in [5.74, 6) is 0.872. The first-order chi connectivity index (χ1) is 12.7. The molecule has 1 fully saturated rings. The summed E-state index contributed by atoms with van der Waals surface area (Å²) in [5, 5.41) is 0. The highest BCUT2D eigenvalue weighted by Crippen LogP contribution is 2.34. The van der Waals surface area contributed by atoms with Crippen LogP contribution in [0.3, 0.4) is 0 Å². The lowest BCUT2D eigenvalue weighted by atomic mass is 9.87. The molecule has 1 aliphatic carbocycles. The second kappa shape index (κ2) is 7.64. The largest absolute Gasteiger partial charge is 0.467 e. The van der Waals surface area contributed by atoms with Crippen LogP contribution in [0.4, 0.5) is 0 Å². The summed E-state index contributed by atoms with van der Waals surface area (Å²) in [5.41, 5.74) is 3.29. The molecule has 0 unspecified atom stereocenters. The number of rotatable bonds is 4. The summed E-state index contributed by atoms with van der Waals surface area (Å²) < 4.78 is 11.0. The van der Waals surface area contributed by atoms with E-state index < -0.39 is 0 Å². The van der Waals surface area contributed by atoms with Gasteiger partial charge < -0.3 is 14.1 Å². The van der Waals surface area contributed by atoms with Gasteiger partial charge in [0.2, 0.25) is 0 Å². The standard InChI is InChI=1S/C21H26N2O3/c1-22(20-8-4-6-16-5-2-3-7-19(16)20)21(24)17-13-18(26-15-17)14-23-9-11-25-12-10-23/h2-3,5,7,13,15,20H,4,6,8-12,14H2,1H3/t20-/m1/s1. The molecule has 0 saturated carbocycles. The van der Waals surface area contributed by atoms with Crippen molar-refractivity contribution in [3.63, 3.8) is 0 Å². The molecule has 1 atom stereocenters. The Hall–Kier alpha value is -2.11. The first-order valence-electron chi connectivity index (χ1n) is 9.45. The fraction of sp³-hybridized carbons (Fsp3) is 0.476. The Labute approximate surface area is 154 Å². The summed E-state index contributed by atoms with van der Waals surface area (Å²) in [6, 6.07) is 10.5. The third kappa shape index (κ3) is 3.55. The Morgan fingerprint density at radius 2 is 2.08 bits per heavy atom. The molecule has 2 aliphatic rings. The summed E-state index contributed by atoms with van der Waals surface area (Å²) in [7, 11) is 1.91. The molecule has 138 valence electrons. The normalized spacial score (nSPS) is 20.6. The Bertz CT molecular complexity index is 764. The van der Waals surface area contributed by atoms with Gasteiger partial charge in [-0.2, -0.15) is 0 Å². The number of morpholine rings is 1.